The Morgan fingerprint density at radius 1 is 1.21 bits per heavy atom. The Bertz CT molecular complexity index is 695. The van der Waals surface area contributed by atoms with Gasteiger partial charge in [0.1, 0.15) is 5.56 Å². The van der Waals surface area contributed by atoms with Crippen LogP contribution in [-0.2, 0) is 7.05 Å². The first-order valence-electron chi connectivity index (χ1n) is 5.95. The molecule has 2 rings (SSSR count). The molecule has 0 saturated heterocycles. The normalized spacial score (nSPS) is 10.5. The fourth-order valence-corrected chi connectivity index (χ4v) is 1.81. The van der Waals surface area contributed by atoms with Crippen LogP contribution >= 0.6 is 0 Å². The molecule has 5 heteroatoms. The van der Waals surface area contributed by atoms with Gasteiger partial charge in [-0.2, -0.15) is 0 Å². The predicted molar refractivity (Wildman–Crippen MR) is 72.6 cm³/mol. The minimum absolute atomic E-state index is 0.0423. The average Bonchev–Trinajstić information content (AvgIpc) is 2.58. The van der Waals surface area contributed by atoms with Gasteiger partial charge >= 0.3 is 5.63 Å². The van der Waals surface area contributed by atoms with E-state index in [9.17, 15) is 9.59 Å². The van der Waals surface area contributed by atoms with Gasteiger partial charge in [-0.15, -0.1) is 0 Å². The van der Waals surface area contributed by atoms with Crippen LogP contribution in [0.4, 0.5) is 5.69 Å². The number of hydrogen-bond donors (Lipinski definition) is 1. The average molecular weight is 260 g/mol. The highest BCUT2D eigenvalue weighted by Crippen LogP contribution is 2.15. The molecule has 0 spiro atoms. The molecule has 2 aromatic rings. The van der Waals surface area contributed by atoms with Crippen molar-refractivity contribution in [3.63, 3.8) is 0 Å². The maximum atomic E-state index is 12.1. The van der Waals surface area contributed by atoms with E-state index in [0.29, 0.717) is 11.4 Å². The van der Waals surface area contributed by atoms with Gasteiger partial charge in [-0.25, -0.2) is 9.53 Å². The molecule has 100 valence electrons. The van der Waals surface area contributed by atoms with E-state index in [0.717, 1.165) is 11.1 Å². The van der Waals surface area contributed by atoms with E-state index < -0.39 is 11.5 Å². The summed E-state index contributed by atoms with van der Waals surface area (Å²) in [6.07, 6.45) is 0. The highest BCUT2D eigenvalue weighted by atomic mass is 16.5. The number of aryl methyl sites for hydroxylation is 3. The van der Waals surface area contributed by atoms with Crippen LogP contribution in [0.2, 0.25) is 0 Å². The minimum atomic E-state index is -0.624. The zero-order valence-electron chi connectivity index (χ0n) is 11.4. The van der Waals surface area contributed by atoms with Crippen molar-refractivity contribution in [3.8, 4) is 0 Å². The summed E-state index contributed by atoms with van der Waals surface area (Å²) in [4.78, 5) is 23.6. The smallest absolute Gasteiger partial charge is 0.336 e. The number of anilines is 1. The number of amides is 1. The van der Waals surface area contributed by atoms with Crippen molar-refractivity contribution >= 4 is 11.6 Å². The molecule has 1 heterocycles. The van der Waals surface area contributed by atoms with Crippen LogP contribution in [-0.4, -0.2) is 10.6 Å². The second-order valence-electron chi connectivity index (χ2n) is 4.59. The number of aromatic nitrogens is 1. The number of carbonyl (C=O) groups excluding carboxylic acids is 1. The lowest BCUT2D eigenvalue weighted by Gasteiger charge is -2.06. The zero-order valence-corrected chi connectivity index (χ0v) is 11.4. The summed E-state index contributed by atoms with van der Waals surface area (Å²) in [7, 11) is 1.59. The van der Waals surface area contributed by atoms with Gasteiger partial charge in [-0.3, -0.25) is 4.79 Å². The third kappa shape index (κ3) is 2.45. The molecule has 0 radical (unpaired) electrons. The molecule has 0 fully saturated rings. The summed E-state index contributed by atoms with van der Waals surface area (Å²) >= 11 is 0. The lowest BCUT2D eigenvalue weighted by molar-refractivity contribution is 0.102. The van der Waals surface area contributed by atoms with Crippen molar-refractivity contribution in [1.82, 2.24) is 4.74 Å². The maximum Gasteiger partial charge on any atom is 0.370 e. The minimum Gasteiger partial charge on any atom is -0.336 e. The number of carbonyl (C=O) groups is 1. The van der Waals surface area contributed by atoms with Crippen molar-refractivity contribution in [2.24, 2.45) is 7.05 Å². The number of nitrogens with zero attached hydrogens (tertiary/aromatic N) is 1. The third-order valence-corrected chi connectivity index (χ3v) is 3.25. The number of rotatable bonds is 2. The SMILES string of the molecule is Cc1ccc(NC(=O)c2c(C)n(C)oc2=O)cc1C. The molecular weight excluding hydrogens is 244 g/mol. The topological polar surface area (TPSA) is 64.2 Å². The largest absolute Gasteiger partial charge is 0.370 e. The van der Waals surface area contributed by atoms with Crippen LogP contribution in [0.25, 0.3) is 0 Å². The fraction of sp³-hybridized carbons (Fsp3) is 0.286. The maximum absolute atomic E-state index is 12.1. The standard InChI is InChI=1S/C14H16N2O3/c1-8-5-6-11(7-9(8)2)15-13(17)12-10(3)16(4)19-14(12)18/h5-7H,1-4H3,(H,15,17). The highest BCUT2D eigenvalue weighted by molar-refractivity contribution is 6.04. The van der Waals surface area contributed by atoms with Gasteiger partial charge in [-0.1, -0.05) is 6.07 Å². The monoisotopic (exact) mass is 260 g/mol. The molecule has 0 unspecified atom stereocenters. The summed E-state index contributed by atoms with van der Waals surface area (Å²) in [5, 5.41) is 2.71. The number of benzene rings is 1. The van der Waals surface area contributed by atoms with Crippen LogP contribution in [0.15, 0.2) is 27.5 Å². The molecule has 0 aliphatic heterocycles. The van der Waals surface area contributed by atoms with Crippen molar-refractivity contribution in [2.45, 2.75) is 20.8 Å². The summed E-state index contributed by atoms with van der Waals surface area (Å²) < 4.78 is 6.14. The van der Waals surface area contributed by atoms with E-state index in [1.165, 1.54) is 4.74 Å². The van der Waals surface area contributed by atoms with Crippen molar-refractivity contribution in [1.29, 1.82) is 0 Å². The first kappa shape index (κ1) is 13.1. The Morgan fingerprint density at radius 3 is 2.42 bits per heavy atom. The molecule has 0 saturated carbocycles. The number of hydrogen-bond acceptors (Lipinski definition) is 3. The first-order valence-corrected chi connectivity index (χ1v) is 5.95. The van der Waals surface area contributed by atoms with E-state index in [1.807, 2.05) is 26.0 Å². The molecule has 19 heavy (non-hydrogen) atoms. The van der Waals surface area contributed by atoms with Crippen LogP contribution < -0.4 is 10.9 Å². The lowest BCUT2D eigenvalue weighted by Crippen LogP contribution is -2.19. The van der Waals surface area contributed by atoms with Gasteiger partial charge in [0.15, 0.2) is 0 Å². The zero-order chi connectivity index (χ0) is 14.2. The summed E-state index contributed by atoms with van der Waals surface area (Å²) in [6, 6.07) is 5.60. The molecule has 0 aliphatic carbocycles. The van der Waals surface area contributed by atoms with Crippen LogP contribution in [0, 0.1) is 20.8 Å². The van der Waals surface area contributed by atoms with Crippen LogP contribution in [0.1, 0.15) is 27.2 Å². The summed E-state index contributed by atoms with van der Waals surface area (Å²) in [6.45, 7) is 5.63. The Kier molecular flexibility index (Phi) is 3.29. The van der Waals surface area contributed by atoms with Crippen LogP contribution in [0.5, 0.6) is 0 Å². The molecule has 1 aromatic carbocycles. The fourth-order valence-electron chi connectivity index (χ4n) is 1.81. The Hall–Kier alpha value is -2.30. The molecule has 0 bridgehead atoms. The van der Waals surface area contributed by atoms with Crippen molar-refractivity contribution in [3.05, 3.63) is 51.0 Å². The van der Waals surface area contributed by atoms with E-state index in [1.54, 1.807) is 20.0 Å². The summed E-state index contributed by atoms with van der Waals surface area (Å²) in [5.41, 5.74) is 2.81. The van der Waals surface area contributed by atoms with Crippen molar-refractivity contribution in [2.75, 3.05) is 5.32 Å². The predicted octanol–water partition coefficient (Wildman–Crippen LogP) is 2.16. The number of nitrogens with one attached hydrogen (secondary N) is 1. The van der Waals surface area contributed by atoms with Crippen LogP contribution in [0.3, 0.4) is 0 Å². The van der Waals surface area contributed by atoms with E-state index in [-0.39, 0.29) is 5.56 Å². The lowest BCUT2D eigenvalue weighted by atomic mass is 10.1. The third-order valence-electron chi connectivity index (χ3n) is 3.25. The van der Waals surface area contributed by atoms with Gasteiger partial charge in [0.05, 0.1) is 5.69 Å². The molecule has 0 atom stereocenters. The van der Waals surface area contributed by atoms with E-state index >= 15 is 0 Å². The molecule has 1 amide bonds. The van der Waals surface area contributed by atoms with Gasteiger partial charge in [0, 0.05) is 12.7 Å². The van der Waals surface area contributed by atoms with Gasteiger partial charge < -0.3 is 9.84 Å². The Labute approximate surface area is 110 Å². The molecule has 1 N–H and O–H groups in total. The first-order chi connectivity index (χ1) is 8.90. The van der Waals surface area contributed by atoms with Crippen molar-refractivity contribution < 1.29 is 9.32 Å². The Balaban J connectivity index is 2.31. The second-order valence-corrected chi connectivity index (χ2v) is 4.59. The molecule has 0 aliphatic rings. The quantitative estimate of drug-likeness (QED) is 0.899. The van der Waals surface area contributed by atoms with E-state index in [4.69, 9.17) is 4.52 Å². The van der Waals surface area contributed by atoms with E-state index in [2.05, 4.69) is 5.32 Å². The second kappa shape index (κ2) is 4.76. The Morgan fingerprint density at radius 2 is 1.89 bits per heavy atom. The highest BCUT2D eigenvalue weighted by Gasteiger charge is 2.19. The molecule has 5 nitrogen and oxygen atoms in total. The van der Waals surface area contributed by atoms with Gasteiger partial charge in [0.2, 0.25) is 0 Å². The molecule has 1 aromatic heterocycles. The van der Waals surface area contributed by atoms with Gasteiger partial charge in [0.25, 0.3) is 5.91 Å². The summed E-state index contributed by atoms with van der Waals surface area (Å²) in [5.74, 6) is -0.449. The molecular formula is C14H16N2O3. The van der Waals surface area contributed by atoms with Gasteiger partial charge in [-0.05, 0) is 44.0 Å².